The van der Waals surface area contributed by atoms with Gasteiger partial charge in [-0.1, -0.05) is 31.9 Å². The highest BCUT2D eigenvalue weighted by Crippen LogP contribution is 2.41. The molecule has 13 heavy (non-hydrogen) atoms. The van der Waals surface area contributed by atoms with Crippen LogP contribution in [-0.4, -0.2) is 13.0 Å². The number of anilines is 1. The van der Waals surface area contributed by atoms with Gasteiger partial charge in [0.1, 0.15) is 4.83 Å². The van der Waals surface area contributed by atoms with E-state index in [4.69, 9.17) is 0 Å². The zero-order chi connectivity index (χ0) is 9.59. The SMILES string of the molecule is CN1C(=O)C(Br)c2cc(Br)ccc21. The first-order chi connectivity index (χ1) is 6.11. The van der Waals surface area contributed by atoms with Crippen LogP contribution in [0.4, 0.5) is 5.69 Å². The lowest BCUT2D eigenvalue weighted by atomic mass is 10.2. The molecule has 1 aliphatic heterocycles. The van der Waals surface area contributed by atoms with Gasteiger partial charge in [0.05, 0.1) is 0 Å². The van der Waals surface area contributed by atoms with Gasteiger partial charge in [-0.2, -0.15) is 0 Å². The molecule has 1 aromatic carbocycles. The largest absolute Gasteiger partial charge is 0.314 e. The second-order valence-corrected chi connectivity index (χ2v) is 4.79. The number of hydrogen-bond acceptors (Lipinski definition) is 1. The molecule has 1 unspecified atom stereocenters. The Morgan fingerprint density at radius 2 is 2.15 bits per heavy atom. The summed E-state index contributed by atoms with van der Waals surface area (Å²) in [6.45, 7) is 0. The van der Waals surface area contributed by atoms with E-state index in [1.54, 1.807) is 11.9 Å². The van der Waals surface area contributed by atoms with Crippen LogP contribution in [0.25, 0.3) is 0 Å². The third kappa shape index (κ3) is 1.32. The van der Waals surface area contributed by atoms with Gasteiger partial charge in [-0.3, -0.25) is 4.79 Å². The number of hydrogen-bond donors (Lipinski definition) is 0. The molecule has 2 rings (SSSR count). The van der Waals surface area contributed by atoms with Crippen molar-refractivity contribution in [2.45, 2.75) is 4.83 Å². The minimum absolute atomic E-state index is 0.0908. The first-order valence-corrected chi connectivity index (χ1v) is 5.53. The molecule has 0 bridgehead atoms. The number of likely N-dealkylation sites (N-methyl/N-ethyl adjacent to an activating group) is 1. The summed E-state index contributed by atoms with van der Waals surface area (Å²) in [4.78, 5) is 13.0. The molecule has 68 valence electrons. The van der Waals surface area contributed by atoms with E-state index in [9.17, 15) is 4.79 Å². The van der Waals surface area contributed by atoms with Crippen molar-refractivity contribution in [3.05, 3.63) is 28.2 Å². The maximum absolute atomic E-state index is 11.5. The van der Waals surface area contributed by atoms with Gasteiger partial charge in [0.15, 0.2) is 0 Å². The second kappa shape index (κ2) is 3.10. The van der Waals surface area contributed by atoms with Crippen molar-refractivity contribution in [1.29, 1.82) is 0 Å². The average Bonchev–Trinajstić information content (AvgIpc) is 2.32. The van der Waals surface area contributed by atoms with Crippen LogP contribution in [0.15, 0.2) is 22.7 Å². The molecule has 0 aliphatic carbocycles. The highest BCUT2D eigenvalue weighted by molar-refractivity contribution is 9.10. The molecule has 1 atom stereocenters. The summed E-state index contributed by atoms with van der Waals surface area (Å²) in [6, 6.07) is 5.85. The third-order valence-corrected chi connectivity index (χ3v) is 3.55. The summed E-state index contributed by atoms with van der Waals surface area (Å²) in [6.07, 6.45) is 0. The molecule has 0 spiro atoms. The summed E-state index contributed by atoms with van der Waals surface area (Å²) >= 11 is 6.75. The van der Waals surface area contributed by atoms with Crippen molar-refractivity contribution < 1.29 is 4.79 Å². The van der Waals surface area contributed by atoms with E-state index in [0.29, 0.717) is 0 Å². The number of halogens is 2. The zero-order valence-corrected chi connectivity index (χ0v) is 10.1. The maximum Gasteiger partial charge on any atom is 0.245 e. The molecule has 0 N–H and O–H groups in total. The van der Waals surface area contributed by atoms with Crippen LogP contribution in [-0.2, 0) is 4.79 Å². The Labute approximate surface area is 93.2 Å². The molecule has 4 heteroatoms. The average molecular weight is 305 g/mol. The Hall–Kier alpha value is -0.350. The van der Waals surface area contributed by atoms with Gasteiger partial charge in [-0.25, -0.2) is 0 Å². The minimum atomic E-state index is -0.190. The van der Waals surface area contributed by atoms with E-state index >= 15 is 0 Å². The monoisotopic (exact) mass is 303 g/mol. The molecule has 2 nitrogen and oxygen atoms in total. The Morgan fingerprint density at radius 3 is 2.85 bits per heavy atom. The van der Waals surface area contributed by atoms with Gasteiger partial charge in [0.25, 0.3) is 0 Å². The van der Waals surface area contributed by atoms with Crippen LogP contribution < -0.4 is 4.90 Å². The molecule has 0 aromatic heterocycles. The topological polar surface area (TPSA) is 20.3 Å². The minimum Gasteiger partial charge on any atom is -0.314 e. The molecular formula is C9H7Br2NO. The molecule has 1 amide bonds. The van der Waals surface area contributed by atoms with Gasteiger partial charge in [-0.05, 0) is 18.2 Å². The van der Waals surface area contributed by atoms with Gasteiger partial charge < -0.3 is 4.90 Å². The van der Waals surface area contributed by atoms with Gasteiger partial charge in [-0.15, -0.1) is 0 Å². The smallest absolute Gasteiger partial charge is 0.245 e. The van der Waals surface area contributed by atoms with Crippen LogP contribution in [0.1, 0.15) is 10.4 Å². The molecule has 0 radical (unpaired) electrons. The number of alkyl halides is 1. The number of carbonyl (C=O) groups is 1. The Kier molecular flexibility index (Phi) is 2.20. The Balaban J connectivity index is 2.60. The fourth-order valence-corrected chi connectivity index (χ4v) is 2.51. The first kappa shape index (κ1) is 9.21. The zero-order valence-electron chi connectivity index (χ0n) is 6.92. The van der Waals surface area contributed by atoms with E-state index in [1.807, 2.05) is 18.2 Å². The molecule has 1 aromatic rings. The summed E-state index contributed by atoms with van der Waals surface area (Å²) < 4.78 is 0.999. The number of amides is 1. The summed E-state index contributed by atoms with van der Waals surface area (Å²) in [5.74, 6) is 0.0908. The number of fused-ring (bicyclic) bond motifs is 1. The number of rotatable bonds is 0. The standard InChI is InChI=1S/C9H7Br2NO/c1-12-7-3-2-5(10)4-6(7)8(11)9(12)13/h2-4,8H,1H3. The van der Waals surface area contributed by atoms with Crippen LogP contribution >= 0.6 is 31.9 Å². The Morgan fingerprint density at radius 1 is 1.46 bits per heavy atom. The first-order valence-electron chi connectivity index (χ1n) is 3.82. The van der Waals surface area contributed by atoms with E-state index in [0.717, 1.165) is 15.7 Å². The van der Waals surface area contributed by atoms with Crippen LogP contribution in [0, 0.1) is 0 Å². The van der Waals surface area contributed by atoms with Crippen molar-refractivity contribution in [2.24, 2.45) is 0 Å². The van der Waals surface area contributed by atoms with Crippen LogP contribution in [0.2, 0.25) is 0 Å². The summed E-state index contributed by atoms with van der Waals surface area (Å²) in [5, 5.41) is 0. The number of carbonyl (C=O) groups excluding carboxylic acids is 1. The van der Waals surface area contributed by atoms with Crippen LogP contribution in [0.3, 0.4) is 0 Å². The highest BCUT2D eigenvalue weighted by Gasteiger charge is 2.32. The van der Waals surface area contributed by atoms with E-state index < -0.39 is 0 Å². The van der Waals surface area contributed by atoms with Crippen LogP contribution in [0.5, 0.6) is 0 Å². The molecular weight excluding hydrogens is 298 g/mol. The van der Waals surface area contributed by atoms with Gasteiger partial charge in [0, 0.05) is 22.8 Å². The van der Waals surface area contributed by atoms with Crippen molar-refractivity contribution in [3.63, 3.8) is 0 Å². The second-order valence-electron chi connectivity index (χ2n) is 2.96. The molecule has 1 heterocycles. The van der Waals surface area contributed by atoms with Crippen molar-refractivity contribution >= 4 is 43.5 Å². The lowest BCUT2D eigenvalue weighted by molar-refractivity contribution is -0.117. The molecule has 0 saturated heterocycles. The fourth-order valence-electron chi connectivity index (χ4n) is 1.46. The summed E-state index contributed by atoms with van der Waals surface area (Å²) in [7, 11) is 1.79. The van der Waals surface area contributed by atoms with E-state index in [-0.39, 0.29) is 10.7 Å². The quantitative estimate of drug-likeness (QED) is 0.675. The van der Waals surface area contributed by atoms with E-state index in [1.165, 1.54) is 0 Å². The lowest BCUT2D eigenvalue weighted by Crippen LogP contribution is -2.21. The Bertz CT molecular complexity index is 378. The maximum atomic E-state index is 11.5. The lowest BCUT2D eigenvalue weighted by Gasteiger charge is -2.08. The molecule has 0 fully saturated rings. The van der Waals surface area contributed by atoms with Gasteiger partial charge >= 0.3 is 0 Å². The van der Waals surface area contributed by atoms with Crippen molar-refractivity contribution in [2.75, 3.05) is 11.9 Å². The number of benzene rings is 1. The van der Waals surface area contributed by atoms with Crippen molar-refractivity contribution in [1.82, 2.24) is 0 Å². The number of nitrogens with zero attached hydrogens (tertiary/aromatic N) is 1. The summed E-state index contributed by atoms with van der Waals surface area (Å²) in [5.41, 5.74) is 2.01. The fraction of sp³-hybridized carbons (Fsp3) is 0.222. The third-order valence-electron chi connectivity index (χ3n) is 2.17. The highest BCUT2D eigenvalue weighted by atomic mass is 79.9. The molecule has 0 saturated carbocycles. The molecule has 1 aliphatic rings. The normalized spacial score (nSPS) is 20.7. The predicted octanol–water partition coefficient (Wildman–Crippen LogP) is 2.86. The van der Waals surface area contributed by atoms with Crippen molar-refractivity contribution in [3.8, 4) is 0 Å². The van der Waals surface area contributed by atoms with E-state index in [2.05, 4.69) is 31.9 Å². The van der Waals surface area contributed by atoms with Gasteiger partial charge in [0.2, 0.25) is 5.91 Å². The predicted molar refractivity (Wildman–Crippen MR) is 59.2 cm³/mol.